The van der Waals surface area contributed by atoms with E-state index in [2.05, 4.69) is 10.3 Å². The number of fused-ring (bicyclic) bond motifs is 1. The fraction of sp³-hybridized carbons (Fsp3) is 0.375. The highest BCUT2D eigenvalue weighted by Crippen LogP contribution is 2.27. The average Bonchev–Trinajstić information content (AvgIpc) is 3.18. The van der Waals surface area contributed by atoms with Gasteiger partial charge in [-0.25, -0.2) is 13.8 Å². The van der Waals surface area contributed by atoms with Crippen molar-refractivity contribution in [1.82, 2.24) is 9.55 Å². The van der Waals surface area contributed by atoms with Crippen LogP contribution in [-0.4, -0.2) is 57.3 Å². The maximum Gasteiger partial charge on any atom is 0.263 e. The number of aromatic nitrogens is 2. The van der Waals surface area contributed by atoms with E-state index in [-0.39, 0.29) is 29.6 Å². The van der Waals surface area contributed by atoms with E-state index in [1.807, 2.05) is 16.7 Å². The van der Waals surface area contributed by atoms with Crippen LogP contribution in [0.5, 0.6) is 0 Å². The molecule has 1 aliphatic rings. The fourth-order valence-corrected chi connectivity index (χ4v) is 4.57. The fourth-order valence-electron chi connectivity index (χ4n) is 3.96. The Morgan fingerprint density at radius 1 is 1.23 bits per heavy atom. The van der Waals surface area contributed by atoms with Crippen LogP contribution in [0.25, 0.3) is 11.0 Å². The highest BCUT2D eigenvalue weighted by molar-refractivity contribution is 7.84. The molecule has 2 heterocycles. The SMILES string of the molecule is CS(=O)CCCCn1c(NC(=O)c2cccc(C(F)F)c2)nc2cc(N3CCOCC3=O)ccc21. The topological polar surface area (TPSA) is 93.5 Å². The van der Waals surface area contributed by atoms with Gasteiger partial charge in [0.05, 0.1) is 17.6 Å². The van der Waals surface area contributed by atoms with E-state index in [0.29, 0.717) is 43.1 Å². The van der Waals surface area contributed by atoms with Gasteiger partial charge in [-0.05, 0) is 43.2 Å². The molecule has 4 rings (SSSR count). The molecule has 1 aromatic heterocycles. The van der Waals surface area contributed by atoms with E-state index in [1.165, 1.54) is 18.2 Å². The summed E-state index contributed by atoms with van der Waals surface area (Å²) < 4.78 is 44.6. The van der Waals surface area contributed by atoms with Crippen molar-refractivity contribution in [2.75, 3.05) is 42.0 Å². The lowest BCUT2D eigenvalue weighted by molar-refractivity contribution is -0.125. The largest absolute Gasteiger partial charge is 0.370 e. The number of amides is 2. The molecular formula is C24H26F2N4O4S. The van der Waals surface area contributed by atoms with E-state index in [1.54, 1.807) is 17.2 Å². The summed E-state index contributed by atoms with van der Waals surface area (Å²) in [4.78, 5) is 31.3. The molecule has 0 saturated carbocycles. The number of ether oxygens (including phenoxy) is 1. The van der Waals surface area contributed by atoms with Crippen LogP contribution >= 0.6 is 0 Å². The smallest absolute Gasteiger partial charge is 0.263 e. The van der Waals surface area contributed by atoms with Crippen molar-refractivity contribution in [3.8, 4) is 0 Å². The van der Waals surface area contributed by atoms with Gasteiger partial charge < -0.3 is 14.2 Å². The minimum atomic E-state index is -2.68. The molecule has 1 N–H and O–H groups in total. The summed E-state index contributed by atoms with van der Waals surface area (Å²) in [5, 5.41) is 2.75. The van der Waals surface area contributed by atoms with Crippen LogP contribution in [0.3, 0.4) is 0 Å². The normalized spacial score (nSPS) is 15.1. The number of rotatable bonds is 9. The number of aryl methyl sites for hydroxylation is 1. The standard InChI is InChI=1S/C24H26F2N4O4S/c1-35(33)12-3-2-9-30-20-8-7-18(29-10-11-34-15-21(29)31)14-19(20)27-24(30)28-23(32)17-6-4-5-16(13-17)22(25)26/h4-8,13-14,22H,2-3,9-12,15H2,1H3,(H,27,28,32). The van der Waals surface area contributed by atoms with Gasteiger partial charge in [-0.15, -0.1) is 0 Å². The number of morpholine rings is 1. The molecule has 3 aromatic rings. The molecule has 2 aromatic carbocycles. The molecule has 1 atom stereocenters. The predicted octanol–water partition coefficient (Wildman–Crippen LogP) is 3.75. The number of alkyl halides is 2. The van der Waals surface area contributed by atoms with Gasteiger partial charge in [-0.2, -0.15) is 0 Å². The summed E-state index contributed by atoms with van der Waals surface area (Å²) in [5.74, 6) is 0.144. The summed E-state index contributed by atoms with van der Waals surface area (Å²) in [6, 6.07) is 10.7. The maximum atomic E-state index is 13.1. The van der Waals surface area contributed by atoms with Crippen molar-refractivity contribution in [3.05, 3.63) is 53.6 Å². The molecule has 0 aliphatic carbocycles. The van der Waals surface area contributed by atoms with Crippen molar-refractivity contribution >= 4 is 45.3 Å². The summed E-state index contributed by atoms with van der Waals surface area (Å²) in [6.45, 7) is 1.40. The molecule has 35 heavy (non-hydrogen) atoms. The number of hydrogen-bond donors (Lipinski definition) is 1. The molecular weight excluding hydrogens is 478 g/mol. The molecule has 1 saturated heterocycles. The second kappa shape index (κ2) is 11.0. The zero-order valence-electron chi connectivity index (χ0n) is 19.2. The Morgan fingerprint density at radius 2 is 2.06 bits per heavy atom. The monoisotopic (exact) mass is 504 g/mol. The van der Waals surface area contributed by atoms with Crippen LogP contribution in [0, 0.1) is 0 Å². The number of anilines is 2. The highest BCUT2D eigenvalue weighted by Gasteiger charge is 2.22. The van der Waals surface area contributed by atoms with Gasteiger partial charge in [0.15, 0.2) is 0 Å². The maximum absolute atomic E-state index is 13.1. The summed E-state index contributed by atoms with van der Waals surface area (Å²) >= 11 is 0. The van der Waals surface area contributed by atoms with Gasteiger partial charge in [0.1, 0.15) is 6.61 Å². The number of nitrogens with zero attached hydrogens (tertiary/aromatic N) is 3. The minimum absolute atomic E-state index is 0.0181. The van der Waals surface area contributed by atoms with Gasteiger partial charge in [0.25, 0.3) is 18.2 Å². The van der Waals surface area contributed by atoms with Crippen molar-refractivity contribution in [2.45, 2.75) is 25.8 Å². The first-order valence-electron chi connectivity index (χ1n) is 11.2. The van der Waals surface area contributed by atoms with Gasteiger partial charge in [-0.3, -0.25) is 19.1 Å². The molecule has 0 spiro atoms. The number of halogens is 2. The molecule has 1 fully saturated rings. The Bertz CT molecular complexity index is 1260. The van der Waals surface area contributed by atoms with Crippen molar-refractivity contribution < 1.29 is 27.3 Å². The molecule has 2 amide bonds. The van der Waals surface area contributed by atoms with Crippen molar-refractivity contribution in [1.29, 1.82) is 0 Å². The van der Waals surface area contributed by atoms with Gasteiger partial charge in [0.2, 0.25) is 5.95 Å². The summed E-state index contributed by atoms with van der Waals surface area (Å²) in [7, 11) is -0.900. The number of carbonyl (C=O) groups excluding carboxylic acids is 2. The van der Waals surface area contributed by atoms with Crippen LogP contribution in [0.1, 0.15) is 35.2 Å². The Morgan fingerprint density at radius 3 is 2.80 bits per heavy atom. The lowest BCUT2D eigenvalue weighted by atomic mass is 10.1. The summed E-state index contributed by atoms with van der Waals surface area (Å²) in [6.07, 6.45) is 0.406. The van der Waals surface area contributed by atoms with E-state index in [4.69, 9.17) is 4.74 Å². The number of unbranched alkanes of at least 4 members (excludes halogenated alkanes) is 1. The first kappa shape index (κ1) is 24.9. The van der Waals surface area contributed by atoms with Crippen molar-refractivity contribution in [3.63, 3.8) is 0 Å². The summed E-state index contributed by atoms with van der Waals surface area (Å²) in [5.41, 5.74) is 1.88. The third-order valence-electron chi connectivity index (χ3n) is 5.72. The number of hydrogen-bond acceptors (Lipinski definition) is 5. The Hall–Kier alpha value is -3.18. The number of benzene rings is 2. The minimum Gasteiger partial charge on any atom is -0.370 e. The average molecular weight is 505 g/mol. The molecule has 11 heteroatoms. The van der Waals surface area contributed by atoms with Gasteiger partial charge in [0, 0.05) is 52.7 Å². The number of imidazole rings is 1. The molecule has 8 nitrogen and oxygen atoms in total. The highest BCUT2D eigenvalue weighted by atomic mass is 32.2. The van der Waals surface area contributed by atoms with Gasteiger partial charge in [-0.1, -0.05) is 12.1 Å². The molecule has 1 unspecified atom stereocenters. The van der Waals surface area contributed by atoms with E-state index < -0.39 is 23.1 Å². The molecule has 186 valence electrons. The van der Waals surface area contributed by atoms with Crippen LogP contribution in [-0.2, 0) is 26.9 Å². The lowest BCUT2D eigenvalue weighted by Crippen LogP contribution is -2.41. The van der Waals surface area contributed by atoms with Crippen LogP contribution in [0.2, 0.25) is 0 Å². The van der Waals surface area contributed by atoms with E-state index in [9.17, 15) is 22.6 Å². The zero-order chi connectivity index (χ0) is 24.9. The first-order valence-corrected chi connectivity index (χ1v) is 12.9. The number of nitrogens with one attached hydrogen (secondary N) is 1. The van der Waals surface area contributed by atoms with Crippen LogP contribution in [0.4, 0.5) is 20.4 Å². The lowest BCUT2D eigenvalue weighted by Gasteiger charge is -2.26. The molecule has 0 radical (unpaired) electrons. The Labute approximate surface area is 203 Å². The van der Waals surface area contributed by atoms with Crippen LogP contribution < -0.4 is 10.2 Å². The van der Waals surface area contributed by atoms with E-state index >= 15 is 0 Å². The molecule has 0 bridgehead atoms. The van der Waals surface area contributed by atoms with Crippen LogP contribution in [0.15, 0.2) is 42.5 Å². The Balaban J connectivity index is 1.64. The van der Waals surface area contributed by atoms with Crippen molar-refractivity contribution in [2.24, 2.45) is 0 Å². The Kier molecular flexibility index (Phi) is 7.86. The second-order valence-electron chi connectivity index (χ2n) is 8.22. The third kappa shape index (κ3) is 5.91. The predicted molar refractivity (Wildman–Crippen MR) is 130 cm³/mol. The third-order valence-corrected chi connectivity index (χ3v) is 6.58. The second-order valence-corrected chi connectivity index (χ2v) is 9.78. The van der Waals surface area contributed by atoms with E-state index in [0.717, 1.165) is 18.0 Å². The molecule has 1 aliphatic heterocycles. The quantitative estimate of drug-likeness (QED) is 0.448. The number of carbonyl (C=O) groups is 2. The van der Waals surface area contributed by atoms with Gasteiger partial charge >= 0.3 is 0 Å². The first-order chi connectivity index (χ1) is 16.8. The zero-order valence-corrected chi connectivity index (χ0v) is 20.0.